The van der Waals surface area contributed by atoms with Crippen molar-refractivity contribution in [3.8, 4) is 0 Å². The molecule has 0 unspecified atom stereocenters. The van der Waals surface area contributed by atoms with Gasteiger partial charge in [-0.2, -0.15) is 5.10 Å². The van der Waals surface area contributed by atoms with Crippen LogP contribution in [0.25, 0.3) is 10.8 Å². The van der Waals surface area contributed by atoms with E-state index >= 15 is 0 Å². The van der Waals surface area contributed by atoms with Crippen molar-refractivity contribution in [2.24, 2.45) is 0 Å². The highest BCUT2D eigenvalue weighted by molar-refractivity contribution is 5.92. The summed E-state index contributed by atoms with van der Waals surface area (Å²) in [7, 11) is 0. The van der Waals surface area contributed by atoms with E-state index in [1.54, 1.807) is 0 Å². The number of aromatic nitrogens is 3. The van der Waals surface area contributed by atoms with E-state index in [0.717, 1.165) is 38.5 Å². The molecule has 3 heterocycles. The number of hydrogen-bond acceptors (Lipinski definition) is 4. The van der Waals surface area contributed by atoms with E-state index < -0.39 is 0 Å². The third-order valence-electron chi connectivity index (χ3n) is 5.67. The zero-order valence-electron chi connectivity index (χ0n) is 16.8. The van der Waals surface area contributed by atoms with Crippen LogP contribution in [0.5, 0.6) is 0 Å². The van der Waals surface area contributed by atoms with Crippen LogP contribution in [0.2, 0.25) is 0 Å². The molecule has 142 valence electrons. The van der Waals surface area contributed by atoms with Gasteiger partial charge in [-0.05, 0) is 39.1 Å². The number of piperazine rings is 1. The molecule has 1 saturated heterocycles. The van der Waals surface area contributed by atoms with Gasteiger partial charge in [0.05, 0.1) is 5.69 Å². The van der Waals surface area contributed by atoms with Crippen LogP contribution in [0.4, 0.5) is 5.82 Å². The Balaban J connectivity index is 1.47. The van der Waals surface area contributed by atoms with Crippen LogP contribution in [0.15, 0.2) is 36.5 Å². The van der Waals surface area contributed by atoms with Crippen molar-refractivity contribution in [2.75, 3.05) is 31.1 Å². The predicted octanol–water partition coefficient (Wildman–Crippen LogP) is 3.95. The fraction of sp³-hybridized carbons (Fsp3) is 0.455. The van der Waals surface area contributed by atoms with Gasteiger partial charge in [-0.15, -0.1) is 0 Å². The first-order valence-electron chi connectivity index (χ1n) is 9.90. The number of pyridine rings is 1. The molecule has 4 rings (SSSR count). The lowest BCUT2D eigenvalue weighted by atomic mass is 10.1. The van der Waals surface area contributed by atoms with Gasteiger partial charge in [-0.1, -0.05) is 24.3 Å². The zero-order valence-corrected chi connectivity index (χ0v) is 16.8. The molecule has 0 amide bonds. The standard InChI is InChI=1S/C22H29N5/c1-16(2)27-18(4)21(17(3)24-27)15-25-11-13-26(14-12-25)22-20-8-6-5-7-19(20)9-10-23-22/h5-10,16H,11-15H2,1-4H3. The first-order chi connectivity index (χ1) is 13.0. The second kappa shape index (κ2) is 7.31. The lowest BCUT2D eigenvalue weighted by molar-refractivity contribution is 0.248. The van der Waals surface area contributed by atoms with Crippen LogP contribution in [0.3, 0.4) is 0 Å². The maximum absolute atomic E-state index is 4.74. The molecule has 5 heteroatoms. The lowest BCUT2D eigenvalue weighted by Gasteiger charge is -2.36. The van der Waals surface area contributed by atoms with Crippen LogP contribution in [-0.4, -0.2) is 45.8 Å². The Morgan fingerprint density at radius 1 is 1.00 bits per heavy atom. The summed E-state index contributed by atoms with van der Waals surface area (Å²) >= 11 is 0. The molecule has 0 radical (unpaired) electrons. The van der Waals surface area contributed by atoms with Crippen molar-refractivity contribution in [2.45, 2.75) is 40.3 Å². The number of rotatable bonds is 4. The molecule has 1 fully saturated rings. The summed E-state index contributed by atoms with van der Waals surface area (Å²) in [6.07, 6.45) is 1.93. The summed E-state index contributed by atoms with van der Waals surface area (Å²) in [5.74, 6) is 1.12. The second-order valence-corrected chi connectivity index (χ2v) is 7.81. The van der Waals surface area contributed by atoms with Gasteiger partial charge in [-0.25, -0.2) is 4.98 Å². The molecule has 27 heavy (non-hydrogen) atoms. The zero-order chi connectivity index (χ0) is 19.0. The predicted molar refractivity (Wildman–Crippen MR) is 111 cm³/mol. The molecule has 0 spiro atoms. The molecular formula is C22H29N5. The number of benzene rings is 1. The van der Waals surface area contributed by atoms with Gasteiger partial charge >= 0.3 is 0 Å². The molecule has 3 aromatic rings. The Morgan fingerprint density at radius 3 is 2.44 bits per heavy atom. The van der Waals surface area contributed by atoms with E-state index in [4.69, 9.17) is 5.10 Å². The van der Waals surface area contributed by atoms with Gasteiger partial charge < -0.3 is 4.90 Å². The van der Waals surface area contributed by atoms with Crippen molar-refractivity contribution < 1.29 is 0 Å². The second-order valence-electron chi connectivity index (χ2n) is 7.81. The van der Waals surface area contributed by atoms with Gasteiger partial charge in [0.15, 0.2) is 0 Å². The van der Waals surface area contributed by atoms with Crippen LogP contribution in [-0.2, 0) is 6.54 Å². The molecule has 1 aromatic carbocycles. The molecule has 0 saturated carbocycles. The molecule has 1 aliphatic heterocycles. The summed E-state index contributed by atoms with van der Waals surface area (Å²) in [5, 5.41) is 7.25. The van der Waals surface area contributed by atoms with Crippen molar-refractivity contribution >= 4 is 16.6 Å². The molecule has 0 bridgehead atoms. The summed E-state index contributed by atoms with van der Waals surface area (Å²) in [6.45, 7) is 13.8. The molecule has 0 N–H and O–H groups in total. The molecule has 0 aliphatic carbocycles. The highest BCUT2D eigenvalue weighted by atomic mass is 15.3. The number of fused-ring (bicyclic) bond motifs is 1. The fourth-order valence-corrected chi connectivity index (χ4v) is 4.13. The number of anilines is 1. The normalized spacial score (nSPS) is 15.8. The van der Waals surface area contributed by atoms with E-state index in [9.17, 15) is 0 Å². The monoisotopic (exact) mass is 363 g/mol. The minimum atomic E-state index is 0.409. The number of hydrogen-bond donors (Lipinski definition) is 0. The van der Waals surface area contributed by atoms with Gasteiger partial charge in [0.2, 0.25) is 0 Å². The third kappa shape index (κ3) is 3.44. The lowest BCUT2D eigenvalue weighted by Crippen LogP contribution is -2.46. The quantitative estimate of drug-likeness (QED) is 0.703. The van der Waals surface area contributed by atoms with E-state index in [0.29, 0.717) is 6.04 Å². The fourth-order valence-electron chi connectivity index (χ4n) is 4.13. The van der Waals surface area contributed by atoms with Crippen molar-refractivity contribution in [3.63, 3.8) is 0 Å². The maximum atomic E-state index is 4.74. The Kier molecular flexibility index (Phi) is 4.87. The summed E-state index contributed by atoms with van der Waals surface area (Å²) in [4.78, 5) is 9.66. The Labute approximate surface area is 161 Å². The van der Waals surface area contributed by atoms with Crippen LogP contribution in [0, 0.1) is 13.8 Å². The topological polar surface area (TPSA) is 37.2 Å². The smallest absolute Gasteiger partial charge is 0.136 e. The largest absolute Gasteiger partial charge is 0.354 e. The van der Waals surface area contributed by atoms with Gasteiger partial charge in [-0.3, -0.25) is 9.58 Å². The third-order valence-corrected chi connectivity index (χ3v) is 5.67. The number of aryl methyl sites for hydroxylation is 1. The Bertz CT molecular complexity index is 930. The average Bonchev–Trinajstić information content (AvgIpc) is 2.97. The van der Waals surface area contributed by atoms with Crippen molar-refractivity contribution in [1.29, 1.82) is 0 Å². The summed E-state index contributed by atoms with van der Waals surface area (Å²) in [6, 6.07) is 11.0. The van der Waals surface area contributed by atoms with E-state index in [1.807, 2.05) is 6.20 Å². The average molecular weight is 364 g/mol. The minimum Gasteiger partial charge on any atom is -0.354 e. The first kappa shape index (κ1) is 18.0. The van der Waals surface area contributed by atoms with Gasteiger partial charge in [0.25, 0.3) is 0 Å². The first-order valence-corrected chi connectivity index (χ1v) is 9.90. The van der Waals surface area contributed by atoms with Gasteiger partial charge in [0.1, 0.15) is 5.82 Å². The van der Waals surface area contributed by atoms with Crippen LogP contribution < -0.4 is 4.90 Å². The molecule has 0 atom stereocenters. The number of nitrogens with zero attached hydrogens (tertiary/aromatic N) is 5. The summed E-state index contributed by atoms with van der Waals surface area (Å²) < 4.78 is 2.15. The van der Waals surface area contributed by atoms with E-state index in [-0.39, 0.29) is 0 Å². The van der Waals surface area contributed by atoms with E-state index in [1.165, 1.54) is 27.7 Å². The van der Waals surface area contributed by atoms with Gasteiger partial charge in [0, 0.05) is 61.6 Å². The summed E-state index contributed by atoms with van der Waals surface area (Å²) in [5.41, 5.74) is 3.86. The molecule has 1 aliphatic rings. The SMILES string of the molecule is Cc1nn(C(C)C)c(C)c1CN1CCN(c2nccc3ccccc23)CC1. The highest BCUT2D eigenvalue weighted by Crippen LogP contribution is 2.26. The van der Waals surface area contributed by atoms with E-state index in [2.05, 4.69) is 77.5 Å². The minimum absolute atomic E-state index is 0.409. The highest BCUT2D eigenvalue weighted by Gasteiger charge is 2.22. The van der Waals surface area contributed by atoms with Crippen LogP contribution in [0.1, 0.15) is 36.8 Å². The molecular weight excluding hydrogens is 334 g/mol. The molecule has 2 aromatic heterocycles. The van der Waals surface area contributed by atoms with Crippen molar-refractivity contribution in [3.05, 3.63) is 53.5 Å². The molecule has 5 nitrogen and oxygen atoms in total. The maximum Gasteiger partial charge on any atom is 0.136 e. The van der Waals surface area contributed by atoms with Crippen LogP contribution >= 0.6 is 0 Å². The Morgan fingerprint density at radius 2 is 1.74 bits per heavy atom. The van der Waals surface area contributed by atoms with Crippen molar-refractivity contribution in [1.82, 2.24) is 19.7 Å². The Hall–Kier alpha value is -2.40.